The number of aliphatic imine (C=N–C) groups is 1. The van der Waals surface area contributed by atoms with Gasteiger partial charge in [-0.15, -0.1) is 0 Å². The summed E-state index contributed by atoms with van der Waals surface area (Å²) in [7, 11) is 1.83. The Hall–Kier alpha value is -1.63. The molecule has 6 heteroatoms. The first-order valence-corrected chi connectivity index (χ1v) is 11.8. The lowest BCUT2D eigenvalue weighted by Crippen LogP contribution is -2.41. The Bertz CT molecular complexity index is 640. The third-order valence-corrected chi connectivity index (χ3v) is 6.52. The van der Waals surface area contributed by atoms with Crippen LogP contribution in [-0.4, -0.2) is 72.8 Å². The number of aliphatic hydroxyl groups excluding tert-OH is 1. The molecule has 6 nitrogen and oxygen atoms in total. The zero-order valence-electron chi connectivity index (χ0n) is 18.9. The second kappa shape index (κ2) is 12.3. The number of aliphatic hydroxyl groups is 1. The lowest BCUT2D eigenvalue weighted by molar-refractivity contribution is 0.0792. The summed E-state index contributed by atoms with van der Waals surface area (Å²) in [4.78, 5) is 9.40. The first kappa shape index (κ1) is 23.0. The molecule has 3 rings (SSSR count). The molecule has 1 aromatic rings. The number of nitrogens with zero attached hydrogens (tertiary/aromatic N) is 3. The van der Waals surface area contributed by atoms with Crippen molar-refractivity contribution in [3.63, 3.8) is 0 Å². The number of benzene rings is 1. The summed E-state index contributed by atoms with van der Waals surface area (Å²) in [6, 6.07) is 9.58. The molecule has 0 saturated carbocycles. The molecule has 2 aliphatic heterocycles. The van der Waals surface area contributed by atoms with Gasteiger partial charge in [-0.25, -0.2) is 0 Å². The summed E-state index contributed by atoms with van der Waals surface area (Å²) >= 11 is 0. The van der Waals surface area contributed by atoms with E-state index in [2.05, 4.69) is 56.6 Å². The van der Waals surface area contributed by atoms with Gasteiger partial charge in [-0.3, -0.25) is 9.89 Å². The first-order valence-electron chi connectivity index (χ1n) is 11.8. The van der Waals surface area contributed by atoms with E-state index < -0.39 is 0 Å². The number of piperidine rings is 2. The Morgan fingerprint density at radius 1 is 1.03 bits per heavy atom. The maximum Gasteiger partial charge on any atom is 0.191 e. The van der Waals surface area contributed by atoms with Gasteiger partial charge in [-0.05, 0) is 56.7 Å². The minimum absolute atomic E-state index is 0.105. The number of guanidine groups is 1. The standard InChI is InChI=1S/C24H41N5O/c1-20-6-3-4-14-29(20)15-5-13-26-24(25-2)27-18-21-7-9-22(10-8-21)19-28-16-11-23(30)12-17-28/h7-10,20,23,30H,3-6,11-19H2,1-2H3,(H2,25,26,27). The van der Waals surface area contributed by atoms with Gasteiger partial charge >= 0.3 is 0 Å². The largest absolute Gasteiger partial charge is 0.393 e. The number of hydrogen-bond acceptors (Lipinski definition) is 4. The molecule has 168 valence electrons. The smallest absolute Gasteiger partial charge is 0.191 e. The average molecular weight is 416 g/mol. The summed E-state index contributed by atoms with van der Waals surface area (Å²) < 4.78 is 0. The molecule has 0 amide bonds. The van der Waals surface area contributed by atoms with Crippen LogP contribution in [-0.2, 0) is 13.1 Å². The molecule has 0 bridgehead atoms. The van der Waals surface area contributed by atoms with Crippen LogP contribution in [0.15, 0.2) is 29.3 Å². The van der Waals surface area contributed by atoms with Crippen molar-refractivity contribution >= 4 is 5.96 Å². The number of hydrogen-bond donors (Lipinski definition) is 3. The number of nitrogens with one attached hydrogen (secondary N) is 2. The van der Waals surface area contributed by atoms with Gasteiger partial charge in [0.15, 0.2) is 5.96 Å². The molecule has 1 atom stereocenters. The van der Waals surface area contributed by atoms with E-state index >= 15 is 0 Å². The minimum atomic E-state index is -0.105. The zero-order valence-corrected chi connectivity index (χ0v) is 18.9. The Labute approximate surface area is 182 Å². The van der Waals surface area contributed by atoms with Crippen LogP contribution in [0.2, 0.25) is 0 Å². The summed E-state index contributed by atoms with van der Waals surface area (Å²) in [5.74, 6) is 0.873. The Morgan fingerprint density at radius 2 is 1.77 bits per heavy atom. The van der Waals surface area contributed by atoms with Crippen LogP contribution >= 0.6 is 0 Å². The van der Waals surface area contributed by atoms with Crippen LogP contribution in [0.5, 0.6) is 0 Å². The van der Waals surface area contributed by atoms with E-state index in [4.69, 9.17) is 0 Å². The quantitative estimate of drug-likeness (QED) is 0.346. The molecule has 1 aromatic carbocycles. The van der Waals surface area contributed by atoms with Crippen molar-refractivity contribution in [1.82, 2.24) is 20.4 Å². The molecule has 30 heavy (non-hydrogen) atoms. The van der Waals surface area contributed by atoms with Crippen LogP contribution in [0.3, 0.4) is 0 Å². The molecule has 0 aromatic heterocycles. The van der Waals surface area contributed by atoms with Crippen LogP contribution in [0.4, 0.5) is 0 Å². The molecular formula is C24H41N5O. The van der Waals surface area contributed by atoms with Crippen molar-refractivity contribution in [2.45, 2.75) is 70.7 Å². The Balaban J connectivity index is 1.33. The highest BCUT2D eigenvalue weighted by Gasteiger charge is 2.18. The Morgan fingerprint density at radius 3 is 2.47 bits per heavy atom. The normalized spacial score (nSPS) is 22.2. The third-order valence-electron chi connectivity index (χ3n) is 6.52. The fourth-order valence-electron chi connectivity index (χ4n) is 4.48. The van der Waals surface area contributed by atoms with Gasteiger partial charge in [0.1, 0.15) is 0 Å². The van der Waals surface area contributed by atoms with E-state index in [1.54, 1.807) is 0 Å². The van der Waals surface area contributed by atoms with Crippen molar-refractivity contribution in [3.05, 3.63) is 35.4 Å². The van der Waals surface area contributed by atoms with E-state index in [1.807, 2.05) is 7.05 Å². The SMILES string of the molecule is CN=C(NCCCN1CCCCC1C)NCc1ccc(CN2CCC(O)CC2)cc1. The lowest BCUT2D eigenvalue weighted by Gasteiger charge is -2.33. The number of rotatable bonds is 8. The first-order chi connectivity index (χ1) is 14.6. The zero-order chi connectivity index (χ0) is 21.2. The fraction of sp³-hybridized carbons (Fsp3) is 0.708. The molecule has 0 radical (unpaired) electrons. The minimum Gasteiger partial charge on any atom is -0.393 e. The number of likely N-dealkylation sites (tertiary alicyclic amines) is 2. The van der Waals surface area contributed by atoms with Crippen LogP contribution < -0.4 is 10.6 Å². The van der Waals surface area contributed by atoms with Gasteiger partial charge in [0, 0.05) is 52.4 Å². The fourth-order valence-corrected chi connectivity index (χ4v) is 4.48. The topological polar surface area (TPSA) is 63.1 Å². The highest BCUT2D eigenvalue weighted by Crippen LogP contribution is 2.16. The van der Waals surface area contributed by atoms with Crippen LogP contribution in [0, 0.1) is 0 Å². The molecule has 0 aliphatic carbocycles. The average Bonchev–Trinajstić information content (AvgIpc) is 2.77. The highest BCUT2D eigenvalue weighted by atomic mass is 16.3. The van der Waals surface area contributed by atoms with E-state index in [0.29, 0.717) is 0 Å². The summed E-state index contributed by atoms with van der Waals surface area (Å²) in [5, 5.41) is 16.5. The summed E-state index contributed by atoms with van der Waals surface area (Å²) in [6.07, 6.45) is 6.91. The predicted octanol–water partition coefficient (Wildman–Crippen LogP) is 2.57. The van der Waals surface area contributed by atoms with Crippen LogP contribution in [0.1, 0.15) is 56.6 Å². The Kier molecular flexibility index (Phi) is 9.43. The lowest BCUT2D eigenvalue weighted by atomic mass is 10.0. The molecule has 2 saturated heterocycles. The van der Waals surface area contributed by atoms with Gasteiger partial charge in [0.05, 0.1) is 6.10 Å². The molecular weight excluding hydrogens is 374 g/mol. The maximum atomic E-state index is 9.64. The van der Waals surface area contributed by atoms with Crippen molar-refractivity contribution in [2.24, 2.45) is 4.99 Å². The van der Waals surface area contributed by atoms with E-state index in [1.165, 1.54) is 43.5 Å². The summed E-state index contributed by atoms with van der Waals surface area (Å²) in [6.45, 7) is 9.46. The second-order valence-electron chi connectivity index (χ2n) is 8.91. The van der Waals surface area contributed by atoms with Crippen molar-refractivity contribution < 1.29 is 5.11 Å². The molecule has 2 fully saturated rings. The van der Waals surface area contributed by atoms with Gasteiger partial charge in [0.25, 0.3) is 0 Å². The molecule has 0 spiro atoms. The van der Waals surface area contributed by atoms with Crippen molar-refractivity contribution in [2.75, 3.05) is 39.8 Å². The van der Waals surface area contributed by atoms with E-state index in [9.17, 15) is 5.11 Å². The molecule has 3 N–H and O–H groups in total. The van der Waals surface area contributed by atoms with E-state index in [0.717, 1.165) is 64.0 Å². The van der Waals surface area contributed by atoms with Gasteiger partial charge in [-0.2, -0.15) is 0 Å². The molecule has 2 aliphatic rings. The van der Waals surface area contributed by atoms with Gasteiger partial charge in [-0.1, -0.05) is 30.7 Å². The molecule has 2 heterocycles. The van der Waals surface area contributed by atoms with Gasteiger partial charge in [0.2, 0.25) is 0 Å². The monoisotopic (exact) mass is 415 g/mol. The predicted molar refractivity (Wildman–Crippen MR) is 125 cm³/mol. The van der Waals surface area contributed by atoms with Crippen molar-refractivity contribution in [3.8, 4) is 0 Å². The third kappa shape index (κ3) is 7.56. The maximum absolute atomic E-state index is 9.64. The molecule has 1 unspecified atom stereocenters. The van der Waals surface area contributed by atoms with Crippen LogP contribution in [0.25, 0.3) is 0 Å². The summed E-state index contributed by atoms with van der Waals surface area (Å²) in [5.41, 5.74) is 2.60. The highest BCUT2D eigenvalue weighted by molar-refractivity contribution is 5.79. The second-order valence-corrected chi connectivity index (χ2v) is 8.91. The van der Waals surface area contributed by atoms with E-state index in [-0.39, 0.29) is 6.10 Å². The van der Waals surface area contributed by atoms with Gasteiger partial charge < -0.3 is 20.6 Å². The van der Waals surface area contributed by atoms with Crippen molar-refractivity contribution in [1.29, 1.82) is 0 Å².